The van der Waals surface area contributed by atoms with Gasteiger partial charge in [-0.2, -0.15) is 0 Å². The van der Waals surface area contributed by atoms with Crippen LogP contribution in [0.25, 0.3) is 0 Å². The summed E-state index contributed by atoms with van der Waals surface area (Å²) in [4.78, 5) is 0. The van der Waals surface area contributed by atoms with Gasteiger partial charge in [0.2, 0.25) is 8.32 Å². The minimum absolute atomic E-state index is 0.0840. The molecule has 2 aliphatic rings. The molecular formula is C30H66O4Si4. The number of fused-ring (bicyclic) bond motifs is 1. The molecule has 0 aromatic heterocycles. The first-order valence-electron chi connectivity index (χ1n) is 15.5. The summed E-state index contributed by atoms with van der Waals surface area (Å²) in [5.74, 6) is 0.754. The van der Waals surface area contributed by atoms with Crippen LogP contribution in [0.2, 0.25) is 70.0 Å². The number of rotatable bonds is 14. The Bertz CT molecular complexity index is 814. The van der Waals surface area contributed by atoms with Gasteiger partial charge in [0.15, 0.2) is 16.6 Å². The standard InChI is InChI=1S/C30H66O4Si4/c1-18-30(8,27(2,3)37(15,16)33-28(4,5)35(9,10)11)34-38(17,29(6,7)32-36(12,13)14)22-21-24-19-20-25-26(23-24)31-25/h24-26H,18-23H2,1-17H3. The highest BCUT2D eigenvalue weighted by Gasteiger charge is 2.60. The molecular weight excluding hydrogens is 537 g/mol. The van der Waals surface area contributed by atoms with Crippen molar-refractivity contribution in [1.29, 1.82) is 0 Å². The van der Waals surface area contributed by atoms with Gasteiger partial charge in [0.25, 0.3) is 0 Å². The zero-order chi connectivity index (χ0) is 29.8. The lowest BCUT2D eigenvalue weighted by atomic mass is 9.87. The Morgan fingerprint density at radius 3 is 1.71 bits per heavy atom. The summed E-state index contributed by atoms with van der Waals surface area (Å²) in [5, 5.41) is -0.435. The molecule has 0 aromatic carbocycles. The van der Waals surface area contributed by atoms with E-state index in [0.717, 1.165) is 18.4 Å². The first-order chi connectivity index (χ1) is 16.7. The molecule has 38 heavy (non-hydrogen) atoms. The van der Waals surface area contributed by atoms with Crippen molar-refractivity contribution in [2.45, 2.75) is 186 Å². The minimum atomic E-state index is -2.37. The van der Waals surface area contributed by atoms with Crippen LogP contribution >= 0.6 is 0 Å². The summed E-state index contributed by atoms with van der Waals surface area (Å²) < 4.78 is 27.9. The Hall–Kier alpha value is 0.708. The molecule has 5 atom stereocenters. The molecule has 226 valence electrons. The summed E-state index contributed by atoms with van der Waals surface area (Å²) in [6.07, 6.45) is 7.08. The SMILES string of the molecule is CCC(C)(O[Si](C)(CCC1CCC2OC2C1)C(C)(C)O[Si](C)(C)C)C(C)(C)[Si](C)(C)OC(C)(C)[Si](C)(C)C. The van der Waals surface area contributed by atoms with Crippen LogP contribution in [-0.2, 0) is 18.0 Å². The molecule has 0 radical (unpaired) electrons. The maximum absolute atomic E-state index is 7.74. The van der Waals surface area contributed by atoms with Gasteiger partial charge >= 0.3 is 0 Å². The molecule has 0 bridgehead atoms. The lowest BCUT2D eigenvalue weighted by molar-refractivity contribution is -0.00289. The van der Waals surface area contributed by atoms with Crippen LogP contribution in [0.15, 0.2) is 0 Å². The highest BCUT2D eigenvalue weighted by Crippen LogP contribution is 2.55. The maximum Gasteiger partial charge on any atom is 0.219 e. The van der Waals surface area contributed by atoms with Crippen LogP contribution in [0.3, 0.4) is 0 Å². The molecule has 1 heterocycles. The molecule has 1 saturated carbocycles. The van der Waals surface area contributed by atoms with Crippen LogP contribution in [0.1, 0.15) is 87.5 Å². The first-order valence-corrected chi connectivity index (χ1v) is 27.9. The molecule has 4 nitrogen and oxygen atoms in total. The number of hydrogen-bond donors (Lipinski definition) is 0. The Balaban J connectivity index is 2.42. The van der Waals surface area contributed by atoms with E-state index in [9.17, 15) is 0 Å². The van der Waals surface area contributed by atoms with Crippen molar-refractivity contribution in [1.82, 2.24) is 0 Å². The predicted octanol–water partition coefficient (Wildman–Crippen LogP) is 9.53. The molecule has 2 fully saturated rings. The number of hydrogen-bond acceptors (Lipinski definition) is 4. The Morgan fingerprint density at radius 1 is 0.711 bits per heavy atom. The first kappa shape index (κ1) is 34.9. The lowest BCUT2D eigenvalue weighted by Crippen LogP contribution is -2.67. The third-order valence-electron chi connectivity index (χ3n) is 11.2. The topological polar surface area (TPSA) is 40.2 Å². The zero-order valence-electron chi connectivity index (χ0n) is 28.6. The second-order valence-corrected chi connectivity index (χ2v) is 36.0. The molecule has 0 aromatic rings. The van der Waals surface area contributed by atoms with Gasteiger partial charge in [0, 0.05) is 10.3 Å². The molecule has 1 aliphatic heterocycles. The van der Waals surface area contributed by atoms with E-state index in [1.807, 2.05) is 0 Å². The molecule has 5 unspecified atom stereocenters. The Labute approximate surface area is 242 Å². The summed E-state index contributed by atoms with van der Waals surface area (Å²) in [5.41, 5.74) is -0.295. The van der Waals surface area contributed by atoms with Gasteiger partial charge in [-0.3, -0.25) is 0 Å². The smallest absolute Gasteiger partial charge is 0.219 e. The van der Waals surface area contributed by atoms with Crippen molar-refractivity contribution in [3.05, 3.63) is 0 Å². The highest BCUT2D eigenvalue weighted by molar-refractivity contribution is 6.81. The highest BCUT2D eigenvalue weighted by atomic mass is 28.4. The van der Waals surface area contributed by atoms with Gasteiger partial charge in [0.05, 0.1) is 31.1 Å². The van der Waals surface area contributed by atoms with E-state index in [2.05, 4.69) is 114 Å². The van der Waals surface area contributed by atoms with Crippen LogP contribution in [-0.4, -0.2) is 61.3 Å². The van der Waals surface area contributed by atoms with E-state index in [1.54, 1.807) is 0 Å². The van der Waals surface area contributed by atoms with Gasteiger partial charge in [-0.25, -0.2) is 0 Å². The molecule has 2 rings (SSSR count). The summed E-state index contributed by atoms with van der Waals surface area (Å²) in [6, 6.07) is 1.14. The monoisotopic (exact) mass is 602 g/mol. The minimum Gasteiger partial charge on any atom is -0.415 e. The second-order valence-electron chi connectivity index (χ2n) is 17.1. The van der Waals surface area contributed by atoms with E-state index >= 15 is 0 Å². The summed E-state index contributed by atoms with van der Waals surface area (Å²) in [6.45, 7) is 40.5. The molecule has 0 N–H and O–H groups in total. The van der Waals surface area contributed by atoms with Crippen molar-refractivity contribution in [3.63, 3.8) is 0 Å². The van der Waals surface area contributed by atoms with Gasteiger partial charge in [-0.05, 0) is 112 Å². The van der Waals surface area contributed by atoms with Crippen LogP contribution in [0, 0.1) is 5.92 Å². The van der Waals surface area contributed by atoms with E-state index < -0.39 is 33.0 Å². The van der Waals surface area contributed by atoms with E-state index in [-0.39, 0.29) is 21.1 Å². The van der Waals surface area contributed by atoms with Gasteiger partial charge in [-0.15, -0.1) is 0 Å². The fraction of sp³-hybridized carbons (Fsp3) is 1.00. The average Bonchev–Trinajstić information content (AvgIpc) is 3.47. The fourth-order valence-corrected chi connectivity index (χ4v) is 18.0. The summed E-state index contributed by atoms with van der Waals surface area (Å²) in [7, 11) is -7.88. The van der Waals surface area contributed by atoms with Crippen LogP contribution in [0.5, 0.6) is 0 Å². The van der Waals surface area contributed by atoms with E-state index in [1.165, 1.54) is 25.7 Å². The van der Waals surface area contributed by atoms with Crippen molar-refractivity contribution in [3.8, 4) is 0 Å². The maximum atomic E-state index is 7.74. The van der Waals surface area contributed by atoms with Gasteiger partial charge in [-0.1, -0.05) is 46.8 Å². The molecule has 1 aliphatic carbocycles. The predicted molar refractivity (Wildman–Crippen MR) is 175 cm³/mol. The average molecular weight is 603 g/mol. The number of ether oxygens (including phenoxy) is 1. The van der Waals surface area contributed by atoms with Crippen molar-refractivity contribution in [2.75, 3.05) is 0 Å². The van der Waals surface area contributed by atoms with Crippen molar-refractivity contribution in [2.24, 2.45) is 5.92 Å². The largest absolute Gasteiger partial charge is 0.415 e. The molecule has 8 heteroatoms. The molecule has 0 spiro atoms. The Morgan fingerprint density at radius 2 is 1.26 bits per heavy atom. The third-order valence-corrected chi connectivity index (χ3v) is 25.8. The summed E-state index contributed by atoms with van der Waals surface area (Å²) >= 11 is 0. The third kappa shape index (κ3) is 7.56. The lowest BCUT2D eigenvalue weighted by Gasteiger charge is -2.59. The quantitative estimate of drug-likeness (QED) is 0.147. The zero-order valence-corrected chi connectivity index (χ0v) is 32.6. The second kappa shape index (κ2) is 11.1. The normalized spacial score (nSPS) is 26.9. The van der Waals surface area contributed by atoms with Crippen molar-refractivity contribution >= 4 is 33.0 Å². The molecule has 1 saturated heterocycles. The van der Waals surface area contributed by atoms with Crippen molar-refractivity contribution < 1.29 is 18.0 Å². The number of epoxide rings is 1. The van der Waals surface area contributed by atoms with Gasteiger partial charge in [0.1, 0.15) is 0 Å². The van der Waals surface area contributed by atoms with Crippen LogP contribution < -0.4 is 0 Å². The van der Waals surface area contributed by atoms with E-state index in [0.29, 0.717) is 12.2 Å². The molecule has 0 amide bonds. The van der Waals surface area contributed by atoms with E-state index in [4.69, 9.17) is 18.0 Å². The fourth-order valence-electron chi connectivity index (χ4n) is 6.27. The van der Waals surface area contributed by atoms with Crippen LogP contribution in [0.4, 0.5) is 0 Å². The van der Waals surface area contributed by atoms with Gasteiger partial charge < -0.3 is 18.0 Å². The Kier molecular flexibility index (Phi) is 10.2.